The van der Waals surface area contributed by atoms with Crippen LogP contribution in [0.2, 0.25) is 0 Å². The van der Waals surface area contributed by atoms with Crippen molar-refractivity contribution in [3.8, 4) is 0 Å². The smallest absolute Gasteiger partial charge is 0.326 e. The van der Waals surface area contributed by atoms with Crippen LogP contribution in [-0.2, 0) is 54.1 Å². The van der Waals surface area contributed by atoms with Gasteiger partial charge in [-0.3, -0.25) is 28.8 Å². The van der Waals surface area contributed by atoms with Crippen molar-refractivity contribution in [1.82, 2.24) is 10.6 Å². The first kappa shape index (κ1) is 54.0. The van der Waals surface area contributed by atoms with Crippen LogP contribution in [0, 0.1) is 0 Å². The number of aryl methyl sites for hydroxylation is 1. The standard InChI is InChI=1S/C45H72N2O13/c48-34-38-21-19-37(20-22-38)23-24-40(50)35-59-32-31-58-29-27-46-43(52)36-60-33-30-57-28-15-16-39(49)25-26-41(45(55)56)47-42(51)17-13-11-9-7-5-3-1-2-4-6-8-10-12-14-18-44(53)54/h19-22,34,41H,1-18,23-33,35-36H2,(H,46,52)(H,47,51)(H,53,54)(H,55,56)/t41-/m0/s1. The third kappa shape index (κ3) is 33.7. The van der Waals surface area contributed by atoms with E-state index in [9.17, 15) is 38.7 Å². The minimum atomic E-state index is -1.15. The zero-order valence-corrected chi connectivity index (χ0v) is 35.8. The molecule has 0 saturated carbocycles. The fourth-order valence-corrected chi connectivity index (χ4v) is 6.23. The highest BCUT2D eigenvalue weighted by Gasteiger charge is 2.20. The van der Waals surface area contributed by atoms with Gasteiger partial charge in [0.25, 0.3) is 0 Å². The average Bonchev–Trinajstić information content (AvgIpc) is 3.23. The second-order valence-electron chi connectivity index (χ2n) is 15.1. The van der Waals surface area contributed by atoms with E-state index in [2.05, 4.69) is 10.6 Å². The summed E-state index contributed by atoms with van der Waals surface area (Å²) >= 11 is 0. The summed E-state index contributed by atoms with van der Waals surface area (Å²) in [5.41, 5.74) is 1.57. The molecule has 0 bridgehead atoms. The number of carbonyl (C=O) groups is 7. The zero-order chi connectivity index (χ0) is 43.9. The third-order valence-electron chi connectivity index (χ3n) is 9.75. The minimum absolute atomic E-state index is 0.00343. The van der Waals surface area contributed by atoms with Crippen molar-refractivity contribution < 1.29 is 62.7 Å². The van der Waals surface area contributed by atoms with E-state index in [1.54, 1.807) is 12.1 Å². The Morgan fingerprint density at radius 3 is 1.63 bits per heavy atom. The van der Waals surface area contributed by atoms with Gasteiger partial charge in [-0.1, -0.05) is 101 Å². The minimum Gasteiger partial charge on any atom is -0.481 e. The molecule has 0 aromatic heterocycles. The van der Waals surface area contributed by atoms with E-state index in [1.165, 1.54) is 44.9 Å². The Labute approximate surface area is 356 Å². The van der Waals surface area contributed by atoms with E-state index in [4.69, 9.17) is 24.1 Å². The van der Waals surface area contributed by atoms with Crippen molar-refractivity contribution in [1.29, 1.82) is 0 Å². The van der Waals surface area contributed by atoms with E-state index in [0.29, 0.717) is 44.4 Å². The molecule has 1 atom stereocenters. The van der Waals surface area contributed by atoms with Crippen LogP contribution in [0.25, 0.3) is 0 Å². The van der Waals surface area contributed by atoms with Crippen molar-refractivity contribution in [2.24, 2.45) is 0 Å². The second kappa shape index (κ2) is 37.9. The van der Waals surface area contributed by atoms with Crippen LogP contribution in [-0.4, -0.2) is 117 Å². The van der Waals surface area contributed by atoms with Crippen molar-refractivity contribution in [3.63, 3.8) is 0 Å². The Bertz CT molecular complexity index is 1340. The Balaban J connectivity index is 1.91. The summed E-state index contributed by atoms with van der Waals surface area (Å²) < 4.78 is 21.5. The third-order valence-corrected chi connectivity index (χ3v) is 9.75. The lowest BCUT2D eigenvalue weighted by atomic mass is 10.0. The number of unbranched alkanes of at least 4 members (excludes halogenated alkanes) is 13. The summed E-state index contributed by atoms with van der Waals surface area (Å²) in [6.07, 6.45) is 18.1. The Hall–Kier alpha value is -4.05. The van der Waals surface area contributed by atoms with Gasteiger partial charge in [0.05, 0.1) is 33.0 Å². The topological polar surface area (TPSA) is 221 Å². The molecule has 0 fully saturated rings. The van der Waals surface area contributed by atoms with Crippen LogP contribution in [0.4, 0.5) is 0 Å². The van der Waals surface area contributed by atoms with Crippen molar-refractivity contribution >= 4 is 41.6 Å². The largest absolute Gasteiger partial charge is 0.481 e. The van der Waals surface area contributed by atoms with Gasteiger partial charge in [0.1, 0.15) is 31.3 Å². The molecule has 15 heteroatoms. The molecule has 0 unspecified atom stereocenters. The van der Waals surface area contributed by atoms with Gasteiger partial charge >= 0.3 is 11.9 Å². The van der Waals surface area contributed by atoms with Crippen LogP contribution >= 0.6 is 0 Å². The van der Waals surface area contributed by atoms with Gasteiger partial charge in [0, 0.05) is 50.8 Å². The summed E-state index contributed by atoms with van der Waals surface area (Å²) in [5, 5.41) is 23.4. The number of ketones is 2. The number of Topliss-reactive ketones (excluding diaryl/α,β-unsaturated/α-hetero) is 2. The Kier molecular flexibility index (Phi) is 34.1. The first-order chi connectivity index (χ1) is 29.1. The van der Waals surface area contributed by atoms with Gasteiger partial charge in [-0.15, -0.1) is 0 Å². The van der Waals surface area contributed by atoms with Crippen molar-refractivity contribution in [2.75, 3.05) is 59.4 Å². The van der Waals surface area contributed by atoms with Gasteiger partial charge < -0.3 is 39.8 Å². The molecule has 340 valence electrons. The van der Waals surface area contributed by atoms with E-state index in [-0.39, 0.29) is 102 Å². The molecule has 4 N–H and O–H groups in total. The molecular weight excluding hydrogens is 776 g/mol. The lowest BCUT2D eigenvalue weighted by Gasteiger charge is -2.14. The highest BCUT2D eigenvalue weighted by atomic mass is 16.5. The highest BCUT2D eigenvalue weighted by Crippen LogP contribution is 2.14. The first-order valence-electron chi connectivity index (χ1n) is 22.0. The maximum absolute atomic E-state index is 12.3. The SMILES string of the molecule is O=Cc1ccc(CCC(=O)COCCOCCNC(=O)COCCOCCCC(=O)CC[C@H](NC(=O)CCCCCCCCCCCCCCCCC(=O)O)C(=O)O)cc1. The van der Waals surface area contributed by atoms with Gasteiger partial charge in [-0.25, -0.2) is 4.79 Å². The first-order valence-corrected chi connectivity index (χ1v) is 22.0. The lowest BCUT2D eigenvalue weighted by Crippen LogP contribution is -2.41. The van der Waals surface area contributed by atoms with Crippen LogP contribution < -0.4 is 10.6 Å². The predicted molar refractivity (Wildman–Crippen MR) is 226 cm³/mol. The van der Waals surface area contributed by atoms with Gasteiger partial charge in [0.2, 0.25) is 11.8 Å². The van der Waals surface area contributed by atoms with E-state index in [0.717, 1.165) is 50.4 Å². The van der Waals surface area contributed by atoms with Crippen molar-refractivity contribution in [2.45, 2.75) is 147 Å². The van der Waals surface area contributed by atoms with Crippen LogP contribution in [0.3, 0.4) is 0 Å². The number of amides is 2. The number of carboxylic acid groups (broad SMARTS) is 2. The normalized spacial score (nSPS) is 11.5. The lowest BCUT2D eigenvalue weighted by molar-refractivity contribution is -0.142. The monoisotopic (exact) mass is 849 g/mol. The molecule has 2 amide bonds. The van der Waals surface area contributed by atoms with Crippen molar-refractivity contribution in [3.05, 3.63) is 35.4 Å². The number of rotatable bonds is 43. The number of ether oxygens (including phenoxy) is 4. The van der Waals surface area contributed by atoms with E-state index < -0.39 is 18.0 Å². The molecule has 1 aromatic carbocycles. The molecule has 0 heterocycles. The zero-order valence-electron chi connectivity index (χ0n) is 35.8. The van der Waals surface area contributed by atoms with E-state index in [1.807, 2.05) is 12.1 Å². The number of aldehydes is 1. The molecule has 0 spiro atoms. The molecule has 0 aliphatic rings. The Morgan fingerprint density at radius 2 is 1.07 bits per heavy atom. The highest BCUT2D eigenvalue weighted by molar-refractivity contribution is 5.85. The maximum atomic E-state index is 12.3. The molecule has 1 aromatic rings. The summed E-state index contributed by atoms with van der Waals surface area (Å²) in [5.74, 6) is -2.61. The molecule has 60 heavy (non-hydrogen) atoms. The summed E-state index contributed by atoms with van der Waals surface area (Å²) in [7, 11) is 0. The quantitative estimate of drug-likeness (QED) is 0.0425. The summed E-state index contributed by atoms with van der Waals surface area (Å²) in [6.45, 7) is 1.72. The maximum Gasteiger partial charge on any atom is 0.326 e. The number of aliphatic carboxylic acids is 2. The fourth-order valence-electron chi connectivity index (χ4n) is 6.23. The van der Waals surface area contributed by atoms with Crippen LogP contribution in [0.1, 0.15) is 151 Å². The molecule has 0 radical (unpaired) electrons. The van der Waals surface area contributed by atoms with Gasteiger partial charge in [0.15, 0.2) is 5.78 Å². The second-order valence-corrected chi connectivity index (χ2v) is 15.1. The van der Waals surface area contributed by atoms with E-state index >= 15 is 0 Å². The molecule has 1 rings (SSSR count). The fraction of sp³-hybridized carbons (Fsp3) is 0.711. The summed E-state index contributed by atoms with van der Waals surface area (Å²) in [6, 6.07) is 5.99. The predicted octanol–water partition coefficient (Wildman–Crippen LogP) is 6.21. The number of carboxylic acids is 2. The number of hydrogen-bond acceptors (Lipinski definition) is 11. The van der Waals surface area contributed by atoms with Gasteiger partial charge in [-0.05, 0) is 37.7 Å². The number of benzene rings is 1. The molecule has 0 saturated heterocycles. The Morgan fingerprint density at radius 1 is 0.533 bits per heavy atom. The van der Waals surface area contributed by atoms with Crippen LogP contribution in [0.5, 0.6) is 0 Å². The molecule has 15 nitrogen and oxygen atoms in total. The number of nitrogens with one attached hydrogen (secondary N) is 2. The van der Waals surface area contributed by atoms with Gasteiger partial charge in [-0.2, -0.15) is 0 Å². The number of carbonyl (C=O) groups excluding carboxylic acids is 5. The number of hydrogen-bond donors (Lipinski definition) is 4. The molecule has 0 aliphatic carbocycles. The molecule has 0 aliphatic heterocycles. The summed E-state index contributed by atoms with van der Waals surface area (Å²) in [4.78, 5) is 81.4. The van der Waals surface area contributed by atoms with Crippen LogP contribution in [0.15, 0.2) is 24.3 Å². The molecular formula is C45H72N2O13. The average molecular weight is 849 g/mol.